The van der Waals surface area contributed by atoms with Crippen LogP contribution in [0.15, 0.2) is 43.8 Å². The number of hydrogen-bond donors (Lipinski definition) is 2. The van der Waals surface area contributed by atoms with E-state index in [-0.39, 0.29) is 0 Å². The van der Waals surface area contributed by atoms with Crippen LogP contribution in [0.5, 0.6) is 0 Å². The minimum Gasteiger partial charge on any atom is -0.753 e. The first kappa shape index (κ1) is 22.0. The van der Waals surface area contributed by atoms with Gasteiger partial charge < -0.3 is 10.8 Å². The molecule has 2 aromatic heterocycles. The highest BCUT2D eigenvalue weighted by Gasteiger charge is 1.99. The normalized spacial score (nSPS) is 7.55. The third-order valence-corrected chi connectivity index (χ3v) is 2.25. The Kier molecular flexibility index (Phi) is 16.8. The van der Waals surface area contributed by atoms with Gasteiger partial charge in [0.2, 0.25) is 6.33 Å². The summed E-state index contributed by atoms with van der Waals surface area (Å²) in [5, 5.41) is 16.9. The van der Waals surface area contributed by atoms with Gasteiger partial charge in [-0.2, -0.15) is 10.3 Å². The molecular weight excluding hydrogens is 316 g/mol. The van der Waals surface area contributed by atoms with Crippen molar-refractivity contribution < 1.29 is 9.13 Å². The van der Waals surface area contributed by atoms with Crippen LogP contribution in [-0.2, 0) is 20.0 Å². The third kappa shape index (κ3) is 12.8. The molecule has 0 aliphatic carbocycles. The number of aromatic amines is 2. The Balaban J connectivity index is 0. The number of aryl methyl sites for hydroxylation is 2. The topological polar surface area (TPSA) is 83.9 Å². The predicted molar refractivity (Wildman–Crippen MR) is 94.4 cm³/mol. The van der Waals surface area contributed by atoms with Gasteiger partial charge in [0, 0.05) is 6.42 Å². The maximum absolute atomic E-state index is 7.13. The summed E-state index contributed by atoms with van der Waals surface area (Å²) in [7, 11) is 2.04. The monoisotopic (exact) mass is 336 g/mol. The summed E-state index contributed by atoms with van der Waals surface area (Å²) < 4.78 is 4.09. The lowest BCUT2D eigenvalue weighted by Crippen LogP contribution is -2.29. The predicted octanol–water partition coefficient (Wildman–Crippen LogP) is 2.21. The van der Waals surface area contributed by atoms with Crippen molar-refractivity contribution in [3.63, 3.8) is 0 Å². The van der Waals surface area contributed by atoms with Crippen molar-refractivity contribution in [3.05, 3.63) is 60.4 Å². The minimum absolute atomic E-state index is 0.878. The molecular formula is C14H20N6S2. The second-order valence-electron chi connectivity index (χ2n) is 3.65. The number of rotatable bonds is 3. The Morgan fingerprint density at radius 1 is 1.27 bits per heavy atom. The van der Waals surface area contributed by atoms with Crippen LogP contribution in [0.3, 0.4) is 0 Å². The largest absolute Gasteiger partial charge is 0.753 e. The first-order valence-corrected chi connectivity index (χ1v) is 7.09. The van der Waals surface area contributed by atoms with Gasteiger partial charge in [-0.15, -0.1) is 0 Å². The number of isothiocyanates is 2. The zero-order valence-electron chi connectivity index (χ0n) is 12.7. The smallest absolute Gasteiger partial charge is 0.253 e. The summed E-state index contributed by atoms with van der Waals surface area (Å²) in [6, 6.07) is 0. The van der Waals surface area contributed by atoms with Crippen molar-refractivity contribution >= 4 is 34.8 Å². The molecule has 0 aliphatic heterocycles. The van der Waals surface area contributed by atoms with E-state index < -0.39 is 0 Å². The lowest BCUT2D eigenvalue weighted by atomic mass is 10.5. The molecule has 0 amide bonds. The van der Waals surface area contributed by atoms with Crippen LogP contribution >= 0.6 is 24.4 Å². The number of nitrogens with zero attached hydrogens (tertiary/aromatic N) is 4. The van der Waals surface area contributed by atoms with E-state index in [0.717, 1.165) is 13.0 Å². The molecule has 2 N–H and O–H groups in total. The number of aromatic nitrogens is 4. The fourth-order valence-electron chi connectivity index (χ4n) is 1.37. The summed E-state index contributed by atoms with van der Waals surface area (Å²) in [6.45, 7) is 6.61. The van der Waals surface area contributed by atoms with Gasteiger partial charge in [0.1, 0.15) is 31.3 Å². The molecule has 0 bridgehead atoms. The maximum atomic E-state index is 7.13. The molecule has 0 atom stereocenters. The van der Waals surface area contributed by atoms with Gasteiger partial charge in [0.05, 0.1) is 7.05 Å². The average molecular weight is 336 g/mol. The van der Waals surface area contributed by atoms with Crippen LogP contribution in [0.25, 0.3) is 10.8 Å². The highest BCUT2D eigenvalue weighted by atomic mass is 32.1. The van der Waals surface area contributed by atoms with Gasteiger partial charge in [0.25, 0.3) is 5.82 Å². The van der Waals surface area contributed by atoms with Gasteiger partial charge in [-0.1, -0.05) is 44.0 Å². The highest BCUT2D eigenvalue weighted by Crippen LogP contribution is 1.82. The number of thiocarbonyl (C=S) groups is 2. The van der Waals surface area contributed by atoms with E-state index in [1.165, 1.54) is 16.1 Å². The average Bonchev–Trinajstić information content (AvgIpc) is 3.13. The molecule has 2 rings (SSSR count). The van der Waals surface area contributed by atoms with Crippen molar-refractivity contribution in [1.82, 2.24) is 9.97 Å². The number of H-pyrrole nitrogens is 2. The second-order valence-corrected chi connectivity index (χ2v) is 4.02. The molecule has 0 spiro atoms. The molecule has 22 heavy (non-hydrogen) atoms. The van der Waals surface area contributed by atoms with Crippen LogP contribution in [-0.4, -0.2) is 20.3 Å². The van der Waals surface area contributed by atoms with Gasteiger partial charge >= 0.3 is 0 Å². The number of hydrogen-bond acceptors (Lipinski definition) is 2. The molecule has 0 fully saturated rings. The first-order valence-electron chi connectivity index (χ1n) is 6.28. The van der Waals surface area contributed by atoms with E-state index in [1.54, 1.807) is 0 Å². The molecule has 0 aliphatic rings. The molecule has 8 heteroatoms. The van der Waals surface area contributed by atoms with Crippen LogP contribution in [0.1, 0.15) is 12.7 Å². The van der Waals surface area contributed by atoms with E-state index in [4.69, 9.17) is 10.8 Å². The third-order valence-electron chi connectivity index (χ3n) is 2.25. The fourth-order valence-corrected chi connectivity index (χ4v) is 1.37. The lowest BCUT2D eigenvalue weighted by molar-refractivity contribution is -0.685. The van der Waals surface area contributed by atoms with E-state index in [2.05, 4.69) is 52.5 Å². The fraction of sp³-hybridized carbons (Fsp3) is 0.286. The number of imidazole rings is 2. The van der Waals surface area contributed by atoms with Gasteiger partial charge in [-0.05, 0) is 0 Å². The Bertz CT molecular complexity index is 550. The SMILES string of the molecule is C=CC[n+]1cc[nH]c1.CCc1[nH]cc[n+]1C.[N-]=C=S.[N-]=C=S. The quantitative estimate of drug-likeness (QED) is 0.390. The standard InChI is InChI=1S/C6H10N2.C6H8N2.2CNS/c1-3-6-7-4-5-8(6)2;1-2-4-8-5-3-7-6-8;2*2-1-3/h4-5H,3H2,1-2H3;2-3,5-6H,1,4H2;;/q;;2*-1/p+2. The molecule has 0 saturated heterocycles. The summed E-state index contributed by atoms with van der Waals surface area (Å²) in [5.74, 6) is 1.27. The van der Waals surface area contributed by atoms with Crippen LogP contribution < -0.4 is 9.13 Å². The summed E-state index contributed by atoms with van der Waals surface area (Å²) >= 11 is 7.40. The zero-order chi connectivity index (χ0) is 17.2. The van der Waals surface area contributed by atoms with Crippen molar-refractivity contribution in [2.45, 2.75) is 19.9 Å². The molecule has 0 unspecified atom stereocenters. The molecule has 2 aromatic rings. The van der Waals surface area contributed by atoms with Crippen molar-refractivity contribution in [2.24, 2.45) is 7.05 Å². The van der Waals surface area contributed by atoms with E-state index >= 15 is 0 Å². The van der Waals surface area contributed by atoms with Gasteiger partial charge in [-0.25, -0.2) is 14.1 Å². The van der Waals surface area contributed by atoms with Crippen molar-refractivity contribution in [3.8, 4) is 0 Å². The van der Waals surface area contributed by atoms with E-state index in [1.807, 2.05) is 48.8 Å². The molecule has 118 valence electrons. The molecule has 2 heterocycles. The van der Waals surface area contributed by atoms with Crippen molar-refractivity contribution in [1.29, 1.82) is 0 Å². The summed E-state index contributed by atoms with van der Waals surface area (Å²) in [4.78, 5) is 6.05. The Morgan fingerprint density at radius 2 is 1.86 bits per heavy atom. The van der Waals surface area contributed by atoms with Crippen molar-refractivity contribution in [2.75, 3.05) is 0 Å². The van der Waals surface area contributed by atoms with Crippen LogP contribution in [0.2, 0.25) is 0 Å². The first-order chi connectivity index (χ1) is 10.6. The Hall–Kier alpha value is -2.24. The Morgan fingerprint density at radius 3 is 2.14 bits per heavy atom. The Labute approximate surface area is 141 Å². The van der Waals surface area contributed by atoms with E-state index in [9.17, 15) is 0 Å². The highest BCUT2D eigenvalue weighted by molar-refractivity contribution is 7.78. The summed E-state index contributed by atoms with van der Waals surface area (Å²) in [5.41, 5.74) is 0. The zero-order valence-corrected chi connectivity index (χ0v) is 14.3. The van der Waals surface area contributed by atoms with Gasteiger partial charge in [-0.3, -0.25) is 4.98 Å². The summed E-state index contributed by atoms with van der Waals surface area (Å²) in [6.07, 6.45) is 12.6. The maximum Gasteiger partial charge on any atom is 0.253 e. The van der Waals surface area contributed by atoms with E-state index in [0.29, 0.717) is 0 Å². The molecule has 6 nitrogen and oxygen atoms in total. The molecule has 0 aromatic carbocycles. The number of nitrogens with one attached hydrogen (secondary N) is 2. The van der Waals surface area contributed by atoms with Crippen LogP contribution in [0.4, 0.5) is 0 Å². The van der Waals surface area contributed by atoms with Gasteiger partial charge in [0.15, 0.2) is 0 Å². The molecule has 0 radical (unpaired) electrons. The van der Waals surface area contributed by atoms with Crippen LogP contribution in [0, 0.1) is 0 Å². The lowest BCUT2D eigenvalue weighted by Gasteiger charge is -1.83. The second kappa shape index (κ2) is 16.8. The number of allylic oxidation sites excluding steroid dienone is 1. The minimum atomic E-state index is 0.878. The molecule has 0 saturated carbocycles.